The smallest absolute Gasteiger partial charge is 0.253 e. The molecule has 1 aromatic rings. The molecule has 0 N–H and O–H groups in total. The Morgan fingerprint density at radius 2 is 2.00 bits per heavy atom. The Morgan fingerprint density at radius 1 is 1.43 bits per heavy atom. The summed E-state index contributed by atoms with van der Waals surface area (Å²) in [5.74, 6) is 0. The molecule has 76 valence electrons. The van der Waals surface area contributed by atoms with Crippen molar-refractivity contribution < 1.29 is 17.8 Å². The third-order valence-corrected chi connectivity index (χ3v) is 2.70. The van der Waals surface area contributed by atoms with Crippen LogP contribution in [0.5, 0.6) is 0 Å². The summed E-state index contributed by atoms with van der Waals surface area (Å²) in [7, 11) is -4.66. The largest absolute Gasteiger partial charge is 0.744 e. The van der Waals surface area contributed by atoms with Gasteiger partial charge in [-0.3, -0.25) is 4.79 Å². The summed E-state index contributed by atoms with van der Waals surface area (Å²) in [6.45, 7) is 1.61. The number of halogens is 1. The third kappa shape index (κ3) is 2.31. The highest BCUT2D eigenvalue weighted by atomic mass is 35.5. The van der Waals surface area contributed by atoms with Gasteiger partial charge in [0.05, 0.1) is 10.5 Å². The molecule has 0 aromatic heterocycles. The van der Waals surface area contributed by atoms with Crippen LogP contribution < -0.4 is 0 Å². The second kappa shape index (κ2) is 3.68. The Labute approximate surface area is 86.3 Å². The third-order valence-electron chi connectivity index (χ3n) is 1.62. The minimum atomic E-state index is -4.66. The molecule has 0 radical (unpaired) electrons. The molecule has 0 unspecified atom stereocenters. The molecule has 0 saturated heterocycles. The fourth-order valence-corrected chi connectivity index (χ4v) is 1.98. The van der Waals surface area contributed by atoms with E-state index in [1.807, 2.05) is 0 Å². The number of hydrogen-bond donors (Lipinski definition) is 0. The molecule has 0 spiro atoms. The van der Waals surface area contributed by atoms with Crippen LogP contribution in [0.15, 0.2) is 23.1 Å². The predicted octanol–water partition coefficient (Wildman–Crippen LogP) is 1.28. The zero-order valence-corrected chi connectivity index (χ0v) is 8.72. The number of benzene rings is 1. The molecule has 0 fully saturated rings. The highest BCUT2D eigenvalue weighted by Gasteiger charge is 2.13. The van der Waals surface area contributed by atoms with E-state index in [0.717, 1.165) is 6.07 Å². The molecular weight excluding hydrogens is 228 g/mol. The van der Waals surface area contributed by atoms with E-state index in [1.54, 1.807) is 6.92 Å². The van der Waals surface area contributed by atoms with Crippen molar-refractivity contribution in [3.8, 4) is 0 Å². The number of carbonyl (C=O) groups is 1. The molecule has 4 nitrogen and oxygen atoms in total. The molecule has 1 rings (SSSR count). The van der Waals surface area contributed by atoms with Gasteiger partial charge in [0.25, 0.3) is 5.24 Å². The van der Waals surface area contributed by atoms with E-state index in [9.17, 15) is 17.8 Å². The summed E-state index contributed by atoms with van der Waals surface area (Å²) >= 11 is 5.12. The van der Waals surface area contributed by atoms with Crippen molar-refractivity contribution in [2.45, 2.75) is 11.8 Å². The molecule has 0 amide bonds. The van der Waals surface area contributed by atoms with Crippen molar-refractivity contribution in [3.63, 3.8) is 0 Å². The van der Waals surface area contributed by atoms with E-state index in [4.69, 9.17) is 11.6 Å². The summed E-state index contributed by atoms with van der Waals surface area (Å²) < 4.78 is 32.2. The van der Waals surface area contributed by atoms with Gasteiger partial charge in [-0.05, 0) is 36.2 Å². The number of rotatable bonds is 2. The molecule has 0 aliphatic rings. The maximum absolute atomic E-state index is 10.8. The Hall–Kier alpha value is -0.910. The molecule has 0 aliphatic heterocycles. The van der Waals surface area contributed by atoms with Crippen LogP contribution in [0.3, 0.4) is 0 Å². The average Bonchev–Trinajstić information content (AvgIpc) is 2.01. The lowest BCUT2D eigenvalue weighted by Crippen LogP contribution is -2.05. The first-order chi connectivity index (χ1) is 6.32. The Morgan fingerprint density at radius 3 is 2.43 bits per heavy atom. The van der Waals surface area contributed by atoms with Gasteiger partial charge in [-0.1, -0.05) is 6.07 Å². The Bertz CT molecular complexity index is 478. The van der Waals surface area contributed by atoms with E-state index in [-0.39, 0.29) is 5.56 Å². The zero-order chi connectivity index (χ0) is 10.9. The quantitative estimate of drug-likeness (QED) is 0.570. The van der Waals surface area contributed by atoms with Crippen LogP contribution in [0, 0.1) is 6.92 Å². The van der Waals surface area contributed by atoms with E-state index in [1.165, 1.54) is 12.1 Å². The number of carbonyl (C=O) groups excluding carboxylic acids is 1. The number of hydrogen-bond acceptors (Lipinski definition) is 4. The van der Waals surface area contributed by atoms with E-state index in [0.29, 0.717) is 5.56 Å². The van der Waals surface area contributed by atoms with E-state index < -0.39 is 20.3 Å². The normalized spacial score (nSPS) is 11.4. The minimum absolute atomic E-state index is 0.285. The van der Waals surface area contributed by atoms with E-state index in [2.05, 4.69) is 0 Å². The minimum Gasteiger partial charge on any atom is -0.744 e. The highest BCUT2D eigenvalue weighted by molar-refractivity contribution is 7.85. The fourth-order valence-electron chi connectivity index (χ4n) is 0.999. The van der Waals surface area contributed by atoms with Gasteiger partial charge in [-0.2, -0.15) is 0 Å². The topological polar surface area (TPSA) is 74.3 Å². The maximum Gasteiger partial charge on any atom is 0.253 e. The first-order valence-corrected chi connectivity index (χ1v) is 5.37. The molecule has 0 aliphatic carbocycles. The van der Waals surface area contributed by atoms with Crippen molar-refractivity contribution in [1.82, 2.24) is 0 Å². The van der Waals surface area contributed by atoms with Gasteiger partial charge in [0.2, 0.25) is 0 Å². The second-order valence-corrected chi connectivity index (χ2v) is 4.42. The lowest BCUT2D eigenvalue weighted by molar-refractivity contribution is 0.107. The van der Waals surface area contributed by atoms with Gasteiger partial charge in [-0.15, -0.1) is 0 Å². The molecule has 1 aromatic carbocycles. The summed E-state index contributed by atoms with van der Waals surface area (Å²) in [4.78, 5) is 10.2. The standard InChI is InChI=1S/C8H7ClO4S/c1-5-2-3-6(8(9)10)7(4-5)14(11,12)13/h2-4H,1H3,(H,11,12,13)/p-1. The van der Waals surface area contributed by atoms with Crippen LogP contribution in [0.2, 0.25) is 0 Å². The van der Waals surface area contributed by atoms with Gasteiger partial charge in [0.15, 0.2) is 0 Å². The van der Waals surface area contributed by atoms with Gasteiger partial charge in [0, 0.05) is 0 Å². The maximum atomic E-state index is 10.8. The molecule has 14 heavy (non-hydrogen) atoms. The molecule has 0 heterocycles. The van der Waals surface area contributed by atoms with Gasteiger partial charge in [-0.25, -0.2) is 8.42 Å². The predicted molar refractivity (Wildman–Crippen MR) is 49.3 cm³/mol. The fraction of sp³-hybridized carbons (Fsp3) is 0.125. The van der Waals surface area contributed by atoms with E-state index >= 15 is 0 Å². The first kappa shape index (κ1) is 11.2. The summed E-state index contributed by atoms with van der Waals surface area (Å²) in [6.07, 6.45) is 0. The molecule has 0 saturated carbocycles. The SMILES string of the molecule is Cc1ccc(C(=O)Cl)c(S(=O)(=O)[O-])c1. The Kier molecular flexibility index (Phi) is 2.94. The lowest BCUT2D eigenvalue weighted by atomic mass is 10.2. The van der Waals surface area contributed by atoms with Crippen LogP contribution in [0.25, 0.3) is 0 Å². The molecule has 0 bridgehead atoms. The lowest BCUT2D eigenvalue weighted by Gasteiger charge is -2.10. The molecular formula is C8H6ClO4S-. The first-order valence-electron chi connectivity index (χ1n) is 3.59. The van der Waals surface area contributed by atoms with Gasteiger partial charge >= 0.3 is 0 Å². The van der Waals surface area contributed by atoms with Crippen LogP contribution in [-0.4, -0.2) is 18.2 Å². The van der Waals surface area contributed by atoms with Crippen molar-refractivity contribution in [2.24, 2.45) is 0 Å². The van der Waals surface area contributed by atoms with Crippen molar-refractivity contribution in [1.29, 1.82) is 0 Å². The van der Waals surface area contributed by atoms with Crippen LogP contribution in [0.1, 0.15) is 15.9 Å². The summed E-state index contributed by atoms with van der Waals surface area (Å²) in [5.41, 5.74) is 0.286. The Balaban J connectivity index is 3.54. The zero-order valence-electron chi connectivity index (χ0n) is 7.15. The van der Waals surface area contributed by atoms with Crippen LogP contribution in [-0.2, 0) is 10.1 Å². The second-order valence-electron chi connectivity index (χ2n) is 2.73. The summed E-state index contributed by atoms with van der Waals surface area (Å²) in [6, 6.07) is 3.84. The van der Waals surface area contributed by atoms with Crippen LogP contribution in [0.4, 0.5) is 0 Å². The molecule has 6 heteroatoms. The monoisotopic (exact) mass is 233 g/mol. The van der Waals surface area contributed by atoms with Crippen LogP contribution >= 0.6 is 11.6 Å². The molecule has 0 atom stereocenters. The van der Waals surface area contributed by atoms with Crippen molar-refractivity contribution >= 4 is 27.0 Å². The summed E-state index contributed by atoms with van der Waals surface area (Å²) in [5, 5.41) is -0.959. The highest BCUT2D eigenvalue weighted by Crippen LogP contribution is 2.18. The average molecular weight is 234 g/mol. The van der Waals surface area contributed by atoms with Gasteiger partial charge in [0.1, 0.15) is 10.1 Å². The number of aryl methyl sites for hydroxylation is 1. The van der Waals surface area contributed by atoms with Crippen molar-refractivity contribution in [3.05, 3.63) is 29.3 Å². The van der Waals surface area contributed by atoms with Gasteiger partial charge < -0.3 is 4.55 Å². The van der Waals surface area contributed by atoms with Crippen molar-refractivity contribution in [2.75, 3.05) is 0 Å².